The molecule has 0 atom stereocenters. The van der Waals surface area contributed by atoms with E-state index in [-0.39, 0.29) is 5.41 Å². The second-order valence-electron chi connectivity index (χ2n) is 5.81. The van der Waals surface area contributed by atoms with Crippen LogP contribution in [-0.2, 0) is 5.41 Å². The zero-order chi connectivity index (χ0) is 14.2. The van der Waals surface area contributed by atoms with Gasteiger partial charge in [-0.3, -0.25) is 0 Å². The van der Waals surface area contributed by atoms with Crippen molar-refractivity contribution in [3.05, 3.63) is 45.2 Å². The normalized spacial score (nSPS) is 11.6. The lowest BCUT2D eigenvalue weighted by Gasteiger charge is -2.21. The Balaban J connectivity index is 2.60. The third-order valence-electron chi connectivity index (χ3n) is 3.11. The van der Waals surface area contributed by atoms with Gasteiger partial charge in [-0.2, -0.15) is 0 Å². The molecule has 0 bridgehead atoms. The second-order valence-corrected chi connectivity index (χ2v) is 6.83. The molecular formula is C16H18INO. The summed E-state index contributed by atoms with van der Waals surface area (Å²) in [6.45, 7) is 8.35. The third kappa shape index (κ3) is 3.08. The molecule has 0 saturated heterocycles. The van der Waals surface area contributed by atoms with Gasteiger partial charge in [-0.05, 0) is 41.0 Å². The molecule has 1 aromatic heterocycles. The lowest BCUT2D eigenvalue weighted by Crippen LogP contribution is -2.12. The van der Waals surface area contributed by atoms with E-state index in [1.165, 1.54) is 5.56 Å². The summed E-state index contributed by atoms with van der Waals surface area (Å²) in [5.41, 5.74) is 4.05. The lowest BCUT2D eigenvalue weighted by atomic mass is 9.86. The first-order valence-corrected chi connectivity index (χ1v) is 7.34. The fraction of sp³-hybridized carbons (Fsp3) is 0.312. The van der Waals surface area contributed by atoms with Gasteiger partial charge in [0, 0.05) is 11.1 Å². The highest BCUT2D eigenvalue weighted by Gasteiger charge is 2.21. The van der Waals surface area contributed by atoms with E-state index in [1.807, 2.05) is 6.07 Å². The van der Waals surface area contributed by atoms with Gasteiger partial charge in [0.1, 0.15) is 3.70 Å². The highest BCUT2D eigenvalue weighted by molar-refractivity contribution is 14.1. The van der Waals surface area contributed by atoms with Crippen LogP contribution in [0.2, 0.25) is 0 Å². The number of pyridine rings is 1. The van der Waals surface area contributed by atoms with E-state index >= 15 is 0 Å². The van der Waals surface area contributed by atoms with E-state index < -0.39 is 0 Å². The highest BCUT2D eigenvalue weighted by atomic mass is 127. The summed E-state index contributed by atoms with van der Waals surface area (Å²) < 4.78 is 0.653. The van der Waals surface area contributed by atoms with Crippen molar-refractivity contribution < 1.29 is 5.11 Å². The van der Waals surface area contributed by atoms with Crippen LogP contribution >= 0.6 is 22.6 Å². The van der Waals surface area contributed by atoms with Crippen molar-refractivity contribution in [2.75, 3.05) is 0 Å². The summed E-state index contributed by atoms with van der Waals surface area (Å²) in [5.74, 6) is 0.295. The molecule has 1 aromatic carbocycles. The number of aromatic hydroxyl groups is 1. The molecule has 0 amide bonds. The standard InChI is InChI=1S/C16H18INO/c1-10-5-7-11(8-6-10)13-9-12(16(2,3)4)14(19)15(17)18-13/h5-9,19H,1-4H3. The topological polar surface area (TPSA) is 33.1 Å². The number of hydrogen-bond acceptors (Lipinski definition) is 2. The zero-order valence-electron chi connectivity index (χ0n) is 11.7. The van der Waals surface area contributed by atoms with Gasteiger partial charge in [-0.15, -0.1) is 0 Å². The minimum atomic E-state index is -0.105. The molecular weight excluding hydrogens is 349 g/mol. The van der Waals surface area contributed by atoms with Crippen molar-refractivity contribution in [1.29, 1.82) is 0 Å². The maximum Gasteiger partial charge on any atom is 0.151 e. The van der Waals surface area contributed by atoms with Gasteiger partial charge in [-0.1, -0.05) is 50.6 Å². The Labute approximate surface area is 128 Å². The predicted octanol–water partition coefficient (Wildman–Crippen LogP) is 4.66. The Morgan fingerprint density at radius 1 is 1.11 bits per heavy atom. The molecule has 2 nitrogen and oxygen atoms in total. The number of rotatable bonds is 1. The first kappa shape index (κ1) is 14.3. The molecule has 0 saturated carbocycles. The fourth-order valence-corrected chi connectivity index (χ4v) is 2.50. The van der Waals surface area contributed by atoms with Gasteiger partial charge < -0.3 is 5.11 Å². The molecule has 0 spiro atoms. The molecule has 1 N–H and O–H groups in total. The van der Waals surface area contributed by atoms with Gasteiger partial charge in [0.25, 0.3) is 0 Å². The number of aryl methyl sites for hydroxylation is 1. The first-order valence-electron chi connectivity index (χ1n) is 6.26. The SMILES string of the molecule is Cc1ccc(-c2cc(C(C)(C)C)c(O)c(I)n2)cc1. The largest absolute Gasteiger partial charge is 0.505 e. The van der Waals surface area contributed by atoms with Crippen molar-refractivity contribution in [1.82, 2.24) is 4.98 Å². The van der Waals surface area contributed by atoms with Gasteiger partial charge in [-0.25, -0.2) is 4.98 Å². The van der Waals surface area contributed by atoms with E-state index in [4.69, 9.17) is 0 Å². The van der Waals surface area contributed by atoms with Crippen molar-refractivity contribution in [2.24, 2.45) is 0 Å². The van der Waals surface area contributed by atoms with Crippen LogP contribution in [0.15, 0.2) is 30.3 Å². The van der Waals surface area contributed by atoms with Crippen LogP contribution in [0.5, 0.6) is 5.75 Å². The van der Waals surface area contributed by atoms with E-state index in [1.54, 1.807) is 0 Å². The Morgan fingerprint density at radius 2 is 1.68 bits per heavy atom. The number of halogens is 1. The number of benzene rings is 1. The van der Waals surface area contributed by atoms with Crippen LogP contribution in [0.4, 0.5) is 0 Å². The van der Waals surface area contributed by atoms with Crippen LogP contribution in [0.1, 0.15) is 31.9 Å². The summed E-state index contributed by atoms with van der Waals surface area (Å²) in [4.78, 5) is 4.48. The Hall–Kier alpha value is -1.10. The summed E-state index contributed by atoms with van der Waals surface area (Å²) in [6.07, 6.45) is 0. The van der Waals surface area contributed by atoms with Gasteiger partial charge in [0.15, 0.2) is 5.75 Å². The Kier molecular flexibility index (Phi) is 3.85. The minimum absolute atomic E-state index is 0.105. The molecule has 2 aromatic rings. The molecule has 1 heterocycles. The van der Waals surface area contributed by atoms with Gasteiger partial charge in [0.05, 0.1) is 5.69 Å². The van der Waals surface area contributed by atoms with Crippen molar-refractivity contribution in [3.8, 4) is 17.0 Å². The molecule has 0 aliphatic rings. The summed E-state index contributed by atoms with van der Waals surface area (Å²) in [7, 11) is 0. The Bertz CT molecular complexity index is 597. The summed E-state index contributed by atoms with van der Waals surface area (Å²) in [5, 5.41) is 10.2. The van der Waals surface area contributed by atoms with Crippen LogP contribution in [0.25, 0.3) is 11.3 Å². The highest BCUT2D eigenvalue weighted by Crippen LogP contribution is 2.35. The van der Waals surface area contributed by atoms with Gasteiger partial charge in [0.2, 0.25) is 0 Å². The molecule has 19 heavy (non-hydrogen) atoms. The van der Waals surface area contributed by atoms with Crippen LogP contribution in [-0.4, -0.2) is 10.1 Å². The zero-order valence-corrected chi connectivity index (χ0v) is 13.8. The number of hydrogen-bond donors (Lipinski definition) is 1. The quantitative estimate of drug-likeness (QED) is 0.587. The van der Waals surface area contributed by atoms with Crippen molar-refractivity contribution in [3.63, 3.8) is 0 Å². The van der Waals surface area contributed by atoms with Crippen molar-refractivity contribution >= 4 is 22.6 Å². The molecule has 3 heteroatoms. The van der Waals surface area contributed by atoms with Gasteiger partial charge >= 0.3 is 0 Å². The van der Waals surface area contributed by atoms with Crippen LogP contribution in [0.3, 0.4) is 0 Å². The molecule has 2 rings (SSSR count). The second kappa shape index (κ2) is 5.12. The van der Waals surface area contributed by atoms with Crippen LogP contribution in [0, 0.1) is 10.6 Å². The number of nitrogens with zero attached hydrogens (tertiary/aromatic N) is 1. The Morgan fingerprint density at radius 3 is 2.21 bits per heavy atom. The molecule has 0 radical (unpaired) electrons. The molecule has 100 valence electrons. The maximum absolute atomic E-state index is 10.2. The van der Waals surface area contributed by atoms with E-state index in [0.29, 0.717) is 9.45 Å². The smallest absolute Gasteiger partial charge is 0.151 e. The molecule has 0 fully saturated rings. The lowest BCUT2D eigenvalue weighted by molar-refractivity contribution is 0.440. The summed E-state index contributed by atoms with van der Waals surface area (Å²) >= 11 is 2.09. The third-order valence-corrected chi connectivity index (χ3v) is 3.86. The predicted molar refractivity (Wildman–Crippen MR) is 87.5 cm³/mol. The average molecular weight is 367 g/mol. The first-order chi connectivity index (χ1) is 8.79. The molecule has 0 aliphatic heterocycles. The monoisotopic (exact) mass is 367 g/mol. The summed E-state index contributed by atoms with van der Waals surface area (Å²) in [6, 6.07) is 10.3. The fourth-order valence-electron chi connectivity index (χ4n) is 1.95. The van der Waals surface area contributed by atoms with E-state index in [2.05, 4.69) is 79.5 Å². The maximum atomic E-state index is 10.2. The molecule has 0 aliphatic carbocycles. The van der Waals surface area contributed by atoms with E-state index in [0.717, 1.165) is 16.8 Å². The van der Waals surface area contributed by atoms with Crippen molar-refractivity contribution in [2.45, 2.75) is 33.1 Å². The van der Waals surface area contributed by atoms with E-state index in [9.17, 15) is 5.11 Å². The average Bonchev–Trinajstić information content (AvgIpc) is 2.32. The van der Waals surface area contributed by atoms with Crippen LogP contribution < -0.4 is 0 Å². The minimum Gasteiger partial charge on any atom is -0.505 e. The number of aromatic nitrogens is 1. The molecule has 0 unspecified atom stereocenters.